The van der Waals surface area contributed by atoms with Crippen LogP contribution in [0.25, 0.3) is 0 Å². The molecule has 0 aromatic carbocycles. The Hall–Kier alpha value is -1.55. The predicted octanol–water partition coefficient (Wildman–Crippen LogP) is 1.58. The summed E-state index contributed by atoms with van der Waals surface area (Å²) in [7, 11) is 0. The van der Waals surface area contributed by atoms with Crippen LogP contribution in [0.5, 0.6) is 0 Å². The molecule has 0 bridgehead atoms. The van der Waals surface area contributed by atoms with Crippen LogP contribution in [-0.4, -0.2) is 14.7 Å². The van der Waals surface area contributed by atoms with Crippen molar-refractivity contribution in [3.8, 4) is 0 Å². The van der Waals surface area contributed by atoms with Gasteiger partial charge in [0.2, 0.25) is 0 Å². The number of aryl methyl sites for hydroxylation is 1. The van der Waals surface area contributed by atoms with Crippen LogP contribution in [0.2, 0.25) is 0 Å². The van der Waals surface area contributed by atoms with Crippen LogP contribution < -0.4 is 0 Å². The highest BCUT2D eigenvalue weighted by atomic mass is 16.3. The third-order valence-electron chi connectivity index (χ3n) is 2.19. The Morgan fingerprint density at radius 2 is 2.50 bits per heavy atom. The average molecular weight is 192 g/mol. The van der Waals surface area contributed by atoms with Crippen molar-refractivity contribution >= 4 is 0 Å². The fourth-order valence-corrected chi connectivity index (χ4v) is 1.42. The highest BCUT2D eigenvalue weighted by Crippen LogP contribution is 2.20. The van der Waals surface area contributed by atoms with E-state index in [0.29, 0.717) is 5.82 Å². The fourth-order valence-electron chi connectivity index (χ4n) is 1.42. The highest BCUT2D eigenvalue weighted by molar-refractivity contribution is 5.17. The second-order valence-electron chi connectivity index (χ2n) is 3.03. The molecular formula is C10H12N2O2. The third kappa shape index (κ3) is 1.44. The second kappa shape index (κ2) is 3.67. The third-order valence-corrected chi connectivity index (χ3v) is 2.19. The van der Waals surface area contributed by atoms with Crippen LogP contribution in [0, 0.1) is 0 Å². The van der Waals surface area contributed by atoms with Crippen LogP contribution >= 0.6 is 0 Å². The number of nitrogens with zero attached hydrogens (tertiary/aromatic N) is 2. The summed E-state index contributed by atoms with van der Waals surface area (Å²) in [6.07, 6.45) is 5.89. The smallest absolute Gasteiger partial charge is 0.142 e. The minimum atomic E-state index is -0.705. The van der Waals surface area contributed by atoms with Crippen molar-refractivity contribution < 1.29 is 9.52 Å². The zero-order valence-electron chi connectivity index (χ0n) is 7.92. The molecule has 74 valence electrons. The Morgan fingerprint density at radius 3 is 3.14 bits per heavy atom. The van der Waals surface area contributed by atoms with E-state index >= 15 is 0 Å². The number of imidazole rings is 1. The van der Waals surface area contributed by atoms with Gasteiger partial charge in [0, 0.05) is 24.5 Å². The highest BCUT2D eigenvalue weighted by Gasteiger charge is 2.16. The van der Waals surface area contributed by atoms with E-state index in [1.807, 2.05) is 17.7 Å². The van der Waals surface area contributed by atoms with Crippen LogP contribution in [0.4, 0.5) is 0 Å². The minimum Gasteiger partial charge on any atom is -0.472 e. The lowest BCUT2D eigenvalue weighted by Gasteiger charge is -2.09. The average Bonchev–Trinajstić information content (AvgIpc) is 2.87. The monoisotopic (exact) mass is 192 g/mol. The molecule has 0 aliphatic rings. The van der Waals surface area contributed by atoms with Crippen molar-refractivity contribution in [2.75, 3.05) is 0 Å². The van der Waals surface area contributed by atoms with E-state index in [0.717, 1.165) is 12.1 Å². The number of aliphatic hydroxyl groups is 1. The van der Waals surface area contributed by atoms with Crippen LogP contribution in [0.15, 0.2) is 35.4 Å². The fraction of sp³-hybridized carbons (Fsp3) is 0.300. The minimum absolute atomic E-state index is 0.647. The quantitative estimate of drug-likeness (QED) is 0.803. The molecule has 4 heteroatoms. The van der Waals surface area contributed by atoms with Gasteiger partial charge in [-0.2, -0.15) is 0 Å². The number of aliphatic hydroxyl groups excluding tert-OH is 1. The molecule has 0 aliphatic heterocycles. The molecule has 0 amide bonds. The number of furan rings is 1. The van der Waals surface area contributed by atoms with Crippen molar-refractivity contribution in [2.24, 2.45) is 0 Å². The van der Waals surface area contributed by atoms with Gasteiger partial charge in [-0.25, -0.2) is 4.98 Å². The first-order chi connectivity index (χ1) is 6.83. The van der Waals surface area contributed by atoms with E-state index in [1.54, 1.807) is 12.3 Å². The molecule has 0 fully saturated rings. The predicted molar refractivity (Wildman–Crippen MR) is 50.7 cm³/mol. The number of rotatable bonds is 3. The van der Waals surface area contributed by atoms with Crippen LogP contribution in [-0.2, 0) is 6.54 Å². The molecule has 0 aliphatic carbocycles. The summed E-state index contributed by atoms with van der Waals surface area (Å²) >= 11 is 0. The van der Waals surface area contributed by atoms with Gasteiger partial charge in [0.05, 0.1) is 12.5 Å². The van der Waals surface area contributed by atoms with Crippen molar-refractivity contribution in [1.82, 2.24) is 9.55 Å². The van der Waals surface area contributed by atoms with Gasteiger partial charge in [0.25, 0.3) is 0 Å². The molecule has 14 heavy (non-hydrogen) atoms. The van der Waals surface area contributed by atoms with E-state index in [9.17, 15) is 5.11 Å². The number of hydrogen-bond donors (Lipinski definition) is 1. The Bertz CT molecular complexity index is 392. The molecule has 4 nitrogen and oxygen atoms in total. The molecular weight excluding hydrogens is 180 g/mol. The zero-order valence-corrected chi connectivity index (χ0v) is 7.92. The number of aromatic nitrogens is 2. The Balaban J connectivity index is 2.31. The molecule has 1 atom stereocenters. The van der Waals surface area contributed by atoms with Crippen LogP contribution in [0.3, 0.4) is 0 Å². The van der Waals surface area contributed by atoms with Crippen molar-refractivity contribution in [2.45, 2.75) is 19.6 Å². The summed E-state index contributed by atoms with van der Waals surface area (Å²) in [5, 5.41) is 9.94. The Kier molecular flexibility index (Phi) is 2.37. The standard InChI is InChI=1S/C10H12N2O2/c1-2-12-5-4-11-10(12)9(13)8-3-6-14-7-8/h3-7,9,13H,2H2,1H3. The Labute approximate surface area is 81.8 Å². The topological polar surface area (TPSA) is 51.2 Å². The van der Waals surface area contributed by atoms with Gasteiger partial charge in [-0.1, -0.05) is 0 Å². The second-order valence-corrected chi connectivity index (χ2v) is 3.03. The molecule has 1 N–H and O–H groups in total. The summed E-state index contributed by atoms with van der Waals surface area (Å²) < 4.78 is 6.81. The van der Waals surface area contributed by atoms with Gasteiger partial charge in [-0.05, 0) is 13.0 Å². The molecule has 0 saturated heterocycles. The number of hydrogen-bond acceptors (Lipinski definition) is 3. The summed E-state index contributed by atoms with van der Waals surface area (Å²) in [5.41, 5.74) is 0.728. The molecule has 0 spiro atoms. The maximum atomic E-state index is 9.94. The molecule has 2 aromatic heterocycles. The Morgan fingerprint density at radius 1 is 1.64 bits per heavy atom. The molecule has 1 unspecified atom stereocenters. The lowest BCUT2D eigenvalue weighted by Crippen LogP contribution is -2.07. The van der Waals surface area contributed by atoms with Gasteiger partial charge >= 0.3 is 0 Å². The maximum absolute atomic E-state index is 9.94. The normalized spacial score (nSPS) is 13.0. The van der Waals surface area contributed by atoms with Crippen molar-refractivity contribution in [3.63, 3.8) is 0 Å². The van der Waals surface area contributed by atoms with Gasteiger partial charge in [0.1, 0.15) is 11.9 Å². The van der Waals surface area contributed by atoms with E-state index in [-0.39, 0.29) is 0 Å². The van der Waals surface area contributed by atoms with Gasteiger partial charge in [0.15, 0.2) is 0 Å². The summed E-state index contributed by atoms with van der Waals surface area (Å²) in [6, 6.07) is 1.74. The first kappa shape index (κ1) is 9.02. The molecule has 0 saturated carbocycles. The molecule has 2 aromatic rings. The van der Waals surface area contributed by atoms with Gasteiger partial charge in [-0.15, -0.1) is 0 Å². The molecule has 2 rings (SSSR count). The first-order valence-corrected chi connectivity index (χ1v) is 4.54. The summed E-state index contributed by atoms with van der Waals surface area (Å²) in [4.78, 5) is 4.11. The largest absolute Gasteiger partial charge is 0.472 e. The van der Waals surface area contributed by atoms with Crippen molar-refractivity contribution in [1.29, 1.82) is 0 Å². The van der Waals surface area contributed by atoms with Gasteiger partial charge < -0.3 is 14.1 Å². The van der Waals surface area contributed by atoms with Crippen LogP contribution in [0.1, 0.15) is 24.4 Å². The SMILES string of the molecule is CCn1ccnc1C(O)c1ccoc1. The van der Waals surface area contributed by atoms with Crippen molar-refractivity contribution in [3.05, 3.63) is 42.4 Å². The van der Waals surface area contributed by atoms with Gasteiger partial charge in [-0.3, -0.25) is 0 Å². The first-order valence-electron chi connectivity index (χ1n) is 4.54. The zero-order chi connectivity index (χ0) is 9.97. The van der Waals surface area contributed by atoms with E-state index in [1.165, 1.54) is 12.5 Å². The lowest BCUT2D eigenvalue weighted by atomic mass is 10.2. The maximum Gasteiger partial charge on any atom is 0.142 e. The van der Waals surface area contributed by atoms with E-state index in [4.69, 9.17) is 4.42 Å². The molecule has 2 heterocycles. The summed E-state index contributed by atoms with van der Waals surface area (Å²) in [5.74, 6) is 0.647. The van der Waals surface area contributed by atoms with E-state index < -0.39 is 6.10 Å². The van der Waals surface area contributed by atoms with E-state index in [2.05, 4.69) is 4.98 Å². The lowest BCUT2D eigenvalue weighted by molar-refractivity contribution is 0.204. The molecule has 0 radical (unpaired) electrons. The summed E-state index contributed by atoms with van der Waals surface area (Å²) in [6.45, 7) is 2.80.